The molecule has 0 aromatic heterocycles. The van der Waals surface area contributed by atoms with Crippen molar-refractivity contribution < 1.29 is 17.6 Å². The average Bonchev–Trinajstić information content (AvgIpc) is 2.44. The van der Waals surface area contributed by atoms with Crippen LogP contribution in [0.5, 0.6) is 0 Å². The van der Waals surface area contributed by atoms with Crippen molar-refractivity contribution in [3.63, 3.8) is 0 Å². The molecule has 0 saturated heterocycles. The molecule has 0 bridgehead atoms. The average molecular weight is 411 g/mol. The van der Waals surface area contributed by atoms with Crippen LogP contribution in [-0.4, -0.2) is 6.54 Å². The van der Waals surface area contributed by atoms with E-state index in [1.165, 1.54) is 29.2 Å². The Hall–Kier alpha value is -1.27. The van der Waals surface area contributed by atoms with Crippen LogP contribution < -0.4 is 4.90 Å². The lowest BCUT2D eigenvalue weighted by Crippen LogP contribution is -2.25. The Morgan fingerprint density at radius 3 is 2.39 bits per heavy atom. The van der Waals surface area contributed by atoms with Crippen LogP contribution in [0, 0.1) is 5.82 Å². The topological polar surface area (TPSA) is 3.24 Å². The van der Waals surface area contributed by atoms with E-state index in [9.17, 15) is 17.6 Å². The summed E-state index contributed by atoms with van der Waals surface area (Å²) in [5, 5.41) is 0.237. The summed E-state index contributed by atoms with van der Waals surface area (Å²) >= 11 is 8.90. The fourth-order valence-corrected chi connectivity index (χ4v) is 2.85. The highest BCUT2D eigenvalue weighted by Gasteiger charge is 2.33. The van der Waals surface area contributed by atoms with E-state index in [-0.39, 0.29) is 22.8 Å². The van der Waals surface area contributed by atoms with Crippen LogP contribution in [0.1, 0.15) is 18.1 Å². The highest BCUT2D eigenvalue weighted by molar-refractivity contribution is 9.10. The Balaban J connectivity index is 2.41. The summed E-state index contributed by atoms with van der Waals surface area (Å²) in [7, 11) is 0. The van der Waals surface area contributed by atoms with Gasteiger partial charge < -0.3 is 4.90 Å². The van der Waals surface area contributed by atoms with Gasteiger partial charge in [0.2, 0.25) is 0 Å². The van der Waals surface area contributed by atoms with Crippen molar-refractivity contribution in [2.75, 3.05) is 11.4 Å². The molecule has 0 N–H and O–H groups in total. The number of hydrogen-bond acceptors (Lipinski definition) is 1. The molecule has 2 aromatic carbocycles. The molecule has 0 spiro atoms. The molecule has 0 radical (unpaired) electrons. The van der Waals surface area contributed by atoms with Gasteiger partial charge in [0.25, 0.3) is 0 Å². The van der Waals surface area contributed by atoms with Crippen molar-refractivity contribution >= 4 is 33.2 Å². The number of anilines is 1. The standard InChI is InChI=1S/C16H13BrClF4N/c1-2-23(15-6-4-12(18)8-14(15)19)9-10-7-11(17)3-5-13(10)16(20,21)22/h3-8H,2,9H2,1H3. The lowest BCUT2D eigenvalue weighted by atomic mass is 10.1. The molecule has 23 heavy (non-hydrogen) atoms. The molecule has 2 rings (SSSR count). The summed E-state index contributed by atoms with van der Waals surface area (Å²) in [6, 6.07) is 7.88. The Morgan fingerprint density at radius 1 is 1.13 bits per heavy atom. The first-order valence-corrected chi connectivity index (χ1v) is 7.95. The van der Waals surface area contributed by atoms with Gasteiger partial charge in [-0.3, -0.25) is 0 Å². The third-order valence-corrected chi connectivity index (χ3v) is 4.09. The van der Waals surface area contributed by atoms with Crippen molar-refractivity contribution in [3.05, 3.63) is 62.8 Å². The molecule has 0 aliphatic carbocycles. The van der Waals surface area contributed by atoms with Crippen LogP contribution in [0.15, 0.2) is 40.9 Å². The van der Waals surface area contributed by atoms with E-state index in [1.54, 1.807) is 6.92 Å². The minimum absolute atomic E-state index is 0.0661. The highest BCUT2D eigenvalue weighted by atomic mass is 79.9. The van der Waals surface area contributed by atoms with E-state index in [0.717, 1.165) is 12.1 Å². The maximum Gasteiger partial charge on any atom is 0.416 e. The van der Waals surface area contributed by atoms with E-state index in [0.29, 0.717) is 11.0 Å². The van der Waals surface area contributed by atoms with E-state index < -0.39 is 17.6 Å². The fourth-order valence-electron chi connectivity index (χ4n) is 2.28. The largest absolute Gasteiger partial charge is 0.416 e. The quantitative estimate of drug-likeness (QED) is 0.536. The molecule has 0 atom stereocenters. The second-order valence-electron chi connectivity index (χ2n) is 4.91. The third kappa shape index (κ3) is 4.38. The predicted octanol–water partition coefficient (Wildman–Crippen LogP) is 6.29. The number of halogens is 6. The molecule has 2 aromatic rings. The van der Waals surface area contributed by atoms with Gasteiger partial charge in [0.1, 0.15) is 5.82 Å². The van der Waals surface area contributed by atoms with E-state index in [4.69, 9.17) is 11.6 Å². The number of benzene rings is 2. The van der Waals surface area contributed by atoms with Crippen molar-refractivity contribution in [3.8, 4) is 0 Å². The minimum atomic E-state index is -4.46. The molecule has 0 heterocycles. The summed E-state index contributed by atoms with van der Waals surface area (Å²) in [5.74, 6) is -0.567. The van der Waals surface area contributed by atoms with Gasteiger partial charge in [-0.15, -0.1) is 0 Å². The second kappa shape index (κ2) is 7.09. The maximum atomic E-state index is 14.0. The summed E-state index contributed by atoms with van der Waals surface area (Å²) < 4.78 is 54.0. The summed E-state index contributed by atoms with van der Waals surface area (Å²) in [5.41, 5.74) is -0.443. The van der Waals surface area contributed by atoms with Gasteiger partial charge in [-0.05, 0) is 48.9 Å². The summed E-state index contributed by atoms with van der Waals surface area (Å²) in [6.07, 6.45) is -4.46. The smallest absolute Gasteiger partial charge is 0.365 e. The van der Waals surface area contributed by atoms with Gasteiger partial charge >= 0.3 is 6.18 Å². The molecular formula is C16H13BrClF4N. The molecule has 7 heteroatoms. The van der Waals surface area contributed by atoms with Crippen LogP contribution in [0.4, 0.5) is 23.2 Å². The van der Waals surface area contributed by atoms with Gasteiger partial charge in [-0.2, -0.15) is 13.2 Å². The van der Waals surface area contributed by atoms with E-state index in [1.807, 2.05) is 0 Å². The molecule has 1 nitrogen and oxygen atoms in total. The van der Waals surface area contributed by atoms with Gasteiger partial charge in [-0.1, -0.05) is 27.5 Å². The number of rotatable bonds is 4. The zero-order valence-corrected chi connectivity index (χ0v) is 14.4. The molecule has 0 saturated carbocycles. The molecular weight excluding hydrogens is 398 g/mol. The lowest BCUT2D eigenvalue weighted by Gasteiger charge is -2.25. The van der Waals surface area contributed by atoms with Crippen LogP contribution in [0.2, 0.25) is 5.02 Å². The van der Waals surface area contributed by atoms with Crippen LogP contribution >= 0.6 is 27.5 Å². The van der Waals surface area contributed by atoms with Crippen molar-refractivity contribution in [1.82, 2.24) is 0 Å². The molecule has 0 amide bonds. The Bertz CT molecular complexity index is 703. The highest BCUT2D eigenvalue weighted by Crippen LogP contribution is 2.35. The van der Waals surface area contributed by atoms with Gasteiger partial charge in [0.15, 0.2) is 0 Å². The van der Waals surface area contributed by atoms with Gasteiger partial charge in [0, 0.05) is 22.6 Å². The molecule has 0 aliphatic rings. The maximum absolute atomic E-state index is 14.0. The third-order valence-electron chi connectivity index (χ3n) is 3.37. The van der Waals surface area contributed by atoms with Crippen LogP contribution in [0.3, 0.4) is 0 Å². The Labute approximate surface area is 145 Å². The minimum Gasteiger partial charge on any atom is -0.365 e. The first-order valence-electron chi connectivity index (χ1n) is 6.78. The van der Waals surface area contributed by atoms with Crippen molar-refractivity contribution in [2.45, 2.75) is 19.6 Å². The number of alkyl halides is 3. The zero-order valence-electron chi connectivity index (χ0n) is 12.1. The number of hydrogen-bond donors (Lipinski definition) is 0. The Kier molecular flexibility index (Phi) is 5.57. The normalized spacial score (nSPS) is 11.6. The summed E-state index contributed by atoms with van der Waals surface area (Å²) in [6.45, 7) is 2.03. The van der Waals surface area contributed by atoms with E-state index in [2.05, 4.69) is 15.9 Å². The van der Waals surface area contributed by atoms with Crippen molar-refractivity contribution in [2.24, 2.45) is 0 Å². The molecule has 0 aliphatic heterocycles. The SMILES string of the molecule is CCN(Cc1cc(Br)ccc1C(F)(F)F)c1ccc(Cl)cc1F. The van der Waals surface area contributed by atoms with Crippen LogP contribution in [0.25, 0.3) is 0 Å². The number of nitrogens with zero attached hydrogens (tertiary/aromatic N) is 1. The fraction of sp³-hybridized carbons (Fsp3) is 0.250. The lowest BCUT2D eigenvalue weighted by molar-refractivity contribution is -0.138. The van der Waals surface area contributed by atoms with Gasteiger partial charge in [-0.25, -0.2) is 4.39 Å². The molecule has 124 valence electrons. The van der Waals surface area contributed by atoms with E-state index >= 15 is 0 Å². The first-order chi connectivity index (χ1) is 10.7. The van der Waals surface area contributed by atoms with Crippen LogP contribution in [-0.2, 0) is 12.7 Å². The molecule has 0 fully saturated rings. The van der Waals surface area contributed by atoms with Gasteiger partial charge in [0.05, 0.1) is 11.3 Å². The predicted molar refractivity (Wildman–Crippen MR) is 87.3 cm³/mol. The van der Waals surface area contributed by atoms with Crippen molar-refractivity contribution in [1.29, 1.82) is 0 Å². The molecule has 0 unspecified atom stereocenters. The monoisotopic (exact) mass is 409 g/mol. The zero-order chi connectivity index (χ0) is 17.2. The Morgan fingerprint density at radius 2 is 1.83 bits per heavy atom. The second-order valence-corrected chi connectivity index (χ2v) is 6.26. The summed E-state index contributed by atoms with van der Waals surface area (Å²) in [4.78, 5) is 1.53. The first kappa shape index (κ1) is 18.1.